The molecule has 0 radical (unpaired) electrons. The zero-order chi connectivity index (χ0) is 13.7. The molecule has 1 aliphatic rings. The van der Waals surface area contributed by atoms with E-state index in [2.05, 4.69) is 22.2 Å². The Kier molecular flexibility index (Phi) is 4.58. The fraction of sp³-hybridized carbons (Fsp3) is 0.714. The Bertz CT molecular complexity index is 403. The molecular weight excluding hydrogens is 242 g/mol. The maximum absolute atomic E-state index is 5.56. The van der Waals surface area contributed by atoms with E-state index in [1.807, 2.05) is 13.8 Å². The minimum atomic E-state index is 0.121. The Morgan fingerprint density at radius 1 is 1.42 bits per heavy atom. The van der Waals surface area contributed by atoms with E-state index in [-0.39, 0.29) is 11.5 Å². The van der Waals surface area contributed by atoms with E-state index in [0.717, 1.165) is 32.6 Å². The van der Waals surface area contributed by atoms with Gasteiger partial charge in [-0.2, -0.15) is 4.98 Å². The number of ether oxygens (including phenoxy) is 2. The van der Waals surface area contributed by atoms with Gasteiger partial charge in [-0.1, -0.05) is 6.92 Å². The molecule has 19 heavy (non-hydrogen) atoms. The van der Waals surface area contributed by atoms with Crippen molar-refractivity contribution >= 4 is 5.95 Å². The van der Waals surface area contributed by atoms with E-state index in [1.54, 1.807) is 12.3 Å². The highest BCUT2D eigenvalue weighted by Crippen LogP contribution is 2.29. The Morgan fingerprint density at radius 2 is 2.16 bits per heavy atom. The number of nitrogens with one attached hydrogen (secondary N) is 1. The maximum atomic E-state index is 5.56. The zero-order valence-corrected chi connectivity index (χ0v) is 12.0. The number of hydrogen-bond acceptors (Lipinski definition) is 5. The Hall–Kier alpha value is -1.36. The van der Waals surface area contributed by atoms with Crippen LogP contribution in [0.25, 0.3) is 0 Å². The van der Waals surface area contributed by atoms with Gasteiger partial charge in [0.2, 0.25) is 11.8 Å². The molecule has 0 spiro atoms. The van der Waals surface area contributed by atoms with Gasteiger partial charge in [-0.05, 0) is 32.1 Å². The molecule has 106 valence electrons. The third-order valence-corrected chi connectivity index (χ3v) is 3.36. The van der Waals surface area contributed by atoms with Crippen molar-refractivity contribution in [3.8, 4) is 5.88 Å². The standard InChI is InChI=1S/C14H23N3O2/c1-11(2)19-12-4-7-15-13(17-12)16-10-14(3)5-8-18-9-6-14/h4,7,11H,5-6,8-10H2,1-3H3,(H,15,16,17). The molecule has 1 saturated heterocycles. The second-order valence-electron chi connectivity index (χ2n) is 5.66. The van der Waals surface area contributed by atoms with Gasteiger partial charge >= 0.3 is 0 Å². The van der Waals surface area contributed by atoms with E-state index in [9.17, 15) is 0 Å². The molecule has 1 aromatic rings. The minimum Gasteiger partial charge on any atom is -0.475 e. The second kappa shape index (κ2) is 6.19. The Balaban J connectivity index is 1.91. The number of hydrogen-bond donors (Lipinski definition) is 1. The summed E-state index contributed by atoms with van der Waals surface area (Å²) in [6, 6.07) is 1.78. The van der Waals surface area contributed by atoms with Gasteiger partial charge in [0.15, 0.2) is 0 Å². The number of anilines is 1. The summed E-state index contributed by atoms with van der Waals surface area (Å²) >= 11 is 0. The summed E-state index contributed by atoms with van der Waals surface area (Å²) < 4.78 is 11.0. The Labute approximate surface area is 114 Å². The predicted octanol–water partition coefficient (Wildman–Crippen LogP) is 2.49. The lowest BCUT2D eigenvalue weighted by atomic mass is 9.82. The molecule has 1 aromatic heterocycles. The summed E-state index contributed by atoms with van der Waals surface area (Å²) in [5.41, 5.74) is 0.260. The number of aromatic nitrogens is 2. The molecule has 1 fully saturated rings. The summed E-state index contributed by atoms with van der Waals surface area (Å²) in [4.78, 5) is 8.58. The first-order valence-corrected chi connectivity index (χ1v) is 6.89. The molecule has 0 bridgehead atoms. The average Bonchev–Trinajstić information content (AvgIpc) is 2.37. The molecule has 5 heteroatoms. The molecule has 0 amide bonds. The average molecular weight is 265 g/mol. The monoisotopic (exact) mass is 265 g/mol. The van der Waals surface area contributed by atoms with Crippen molar-refractivity contribution in [3.63, 3.8) is 0 Å². The lowest BCUT2D eigenvalue weighted by Gasteiger charge is -2.33. The molecule has 0 unspecified atom stereocenters. The van der Waals surface area contributed by atoms with Crippen molar-refractivity contribution in [2.24, 2.45) is 5.41 Å². The van der Waals surface area contributed by atoms with Crippen LogP contribution in [0.5, 0.6) is 5.88 Å². The highest BCUT2D eigenvalue weighted by atomic mass is 16.5. The topological polar surface area (TPSA) is 56.3 Å². The van der Waals surface area contributed by atoms with Gasteiger partial charge in [-0.3, -0.25) is 0 Å². The van der Waals surface area contributed by atoms with Crippen molar-refractivity contribution < 1.29 is 9.47 Å². The SMILES string of the molecule is CC(C)Oc1ccnc(NCC2(C)CCOCC2)n1. The van der Waals surface area contributed by atoms with Crippen molar-refractivity contribution in [3.05, 3.63) is 12.3 Å². The van der Waals surface area contributed by atoms with Crippen molar-refractivity contribution in [2.45, 2.75) is 39.7 Å². The zero-order valence-electron chi connectivity index (χ0n) is 12.0. The molecule has 2 heterocycles. The van der Waals surface area contributed by atoms with Crippen LogP contribution < -0.4 is 10.1 Å². The van der Waals surface area contributed by atoms with Crippen molar-refractivity contribution in [1.82, 2.24) is 9.97 Å². The molecular formula is C14H23N3O2. The van der Waals surface area contributed by atoms with Gasteiger partial charge in [0, 0.05) is 32.0 Å². The van der Waals surface area contributed by atoms with Gasteiger partial charge in [0.1, 0.15) is 0 Å². The van der Waals surface area contributed by atoms with E-state index < -0.39 is 0 Å². The molecule has 1 aliphatic heterocycles. The van der Waals surface area contributed by atoms with Gasteiger partial charge in [-0.15, -0.1) is 0 Å². The maximum Gasteiger partial charge on any atom is 0.225 e. The number of nitrogens with zero attached hydrogens (tertiary/aromatic N) is 2. The molecule has 0 aromatic carbocycles. The third kappa shape index (κ3) is 4.35. The first kappa shape index (κ1) is 14.1. The van der Waals surface area contributed by atoms with Crippen LogP contribution in [0.3, 0.4) is 0 Å². The minimum absolute atomic E-state index is 0.121. The van der Waals surface area contributed by atoms with Crippen LogP contribution >= 0.6 is 0 Å². The van der Waals surface area contributed by atoms with Crippen LogP contribution in [0.2, 0.25) is 0 Å². The van der Waals surface area contributed by atoms with E-state index in [4.69, 9.17) is 9.47 Å². The smallest absolute Gasteiger partial charge is 0.225 e. The van der Waals surface area contributed by atoms with Crippen LogP contribution in [-0.2, 0) is 4.74 Å². The lowest BCUT2D eigenvalue weighted by Crippen LogP contribution is -2.33. The number of rotatable bonds is 5. The van der Waals surface area contributed by atoms with Gasteiger partial charge in [0.25, 0.3) is 0 Å². The van der Waals surface area contributed by atoms with Gasteiger partial charge < -0.3 is 14.8 Å². The summed E-state index contributed by atoms with van der Waals surface area (Å²) in [6.45, 7) is 8.79. The first-order valence-electron chi connectivity index (χ1n) is 6.89. The molecule has 0 saturated carbocycles. The summed E-state index contributed by atoms with van der Waals surface area (Å²) in [5.74, 6) is 1.25. The first-order chi connectivity index (χ1) is 9.07. The van der Waals surface area contributed by atoms with Gasteiger partial charge in [-0.25, -0.2) is 4.98 Å². The molecule has 0 aliphatic carbocycles. The fourth-order valence-electron chi connectivity index (χ4n) is 2.07. The quantitative estimate of drug-likeness (QED) is 0.886. The van der Waals surface area contributed by atoms with Crippen molar-refractivity contribution in [1.29, 1.82) is 0 Å². The van der Waals surface area contributed by atoms with Crippen LogP contribution in [0.1, 0.15) is 33.6 Å². The molecule has 5 nitrogen and oxygen atoms in total. The highest BCUT2D eigenvalue weighted by Gasteiger charge is 2.27. The predicted molar refractivity (Wildman–Crippen MR) is 74.4 cm³/mol. The largest absolute Gasteiger partial charge is 0.475 e. The normalized spacial score (nSPS) is 18.3. The van der Waals surface area contributed by atoms with Gasteiger partial charge in [0.05, 0.1) is 6.10 Å². The fourth-order valence-corrected chi connectivity index (χ4v) is 2.07. The molecule has 2 rings (SSSR count). The molecule has 1 N–H and O–H groups in total. The van der Waals surface area contributed by atoms with Crippen molar-refractivity contribution in [2.75, 3.05) is 25.1 Å². The molecule has 0 atom stereocenters. The lowest BCUT2D eigenvalue weighted by molar-refractivity contribution is 0.0299. The summed E-state index contributed by atoms with van der Waals surface area (Å²) in [7, 11) is 0. The third-order valence-electron chi connectivity index (χ3n) is 3.36. The van der Waals surface area contributed by atoms with Crippen LogP contribution in [-0.4, -0.2) is 35.8 Å². The van der Waals surface area contributed by atoms with E-state index in [1.165, 1.54) is 0 Å². The summed E-state index contributed by atoms with van der Waals surface area (Å²) in [5, 5.41) is 3.31. The Morgan fingerprint density at radius 3 is 2.84 bits per heavy atom. The highest BCUT2D eigenvalue weighted by molar-refractivity contribution is 5.27. The van der Waals surface area contributed by atoms with E-state index in [0.29, 0.717) is 11.8 Å². The van der Waals surface area contributed by atoms with Crippen LogP contribution in [0, 0.1) is 5.41 Å². The van der Waals surface area contributed by atoms with Crippen LogP contribution in [0.4, 0.5) is 5.95 Å². The van der Waals surface area contributed by atoms with E-state index >= 15 is 0 Å². The van der Waals surface area contributed by atoms with Crippen LogP contribution in [0.15, 0.2) is 12.3 Å². The second-order valence-corrected chi connectivity index (χ2v) is 5.66. The summed E-state index contributed by atoms with van der Waals surface area (Å²) in [6.07, 6.45) is 3.99.